The average molecular weight is 366 g/mol. The Morgan fingerprint density at radius 3 is 2.73 bits per heavy atom. The van der Waals surface area contributed by atoms with Gasteiger partial charge in [0.15, 0.2) is 16.6 Å². The minimum atomic E-state index is -0.212. The van der Waals surface area contributed by atoms with E-state index in [0.29, 0.717) is 35.4 Å². The van der Waals surface area contributed by atoms with Gasteiger partial charge in [0.05, 0.1) is 15.8 Å². The number of ether oxygens (including phenoxy) is 3. The van der Waals surface area contributed by atoms with Crippen molar-refractivity contribution in [3.63, 3.8) is 0 Å². The summed E-state index contributed by atoms with van der Waals surface area (Å²) in [6, 6.07) is 11.4. The van der Waals surface area contributed by atoms with Crippen molar-refractivity contribution in [1.29, 1.82) is 0 Å². The second-order valence-corrected chi connectivity index (χ2v) is 6.96. The molecule has 3 aromatic rings. The van der Waals surface area contributed by atoms with Crippen LogP contribution >= 0.6 is 11.3 Å². The normalized spacial score (nSPS) is 15.0. The summed E-state index contributed by atoms with van der Waals surface area (Å²) in [5.74, 6) is 1.97. The molecule has 7 heteroatoms. The van der Waals surface area contributed by atoms with E-state index in [1.54, 1.807) is 0 Å². The van der Waals surface area contributed by atoms with Crippen LogP contribution in [0.5, 0.6) is 17.2 Å². The molecule has 0 bridgehead atoms. The maximum absolute atomic E-state index is 12.6. The van der Waals surface area contributed by atoms with Crippen LogP contribution in [0.4, 0.5) is 5.13 Å². The molecular weight excluding hydrogens is 352 g/mol. The molecule has 130 valence electrons. The fourth-order valence-corrected chi connectivity index (χ4v) is 3.81. The van der Waals surface area contributed by atoms with Gasteiger partial charge in [-0.1, -0.05) is 29.5 Å². The lowest BCUT2D eigenvalue weighted by Crippen LogP contribution is -2.21. The molecule has 5 rings (SSSR count). The van der Waals surface area contributed by atoms with E-state index in [1.807, 2.05) is 42.5 Å². The van der Waals surface area contributed by atoms with E-state index in [1.165, 1.54) is 11.3 Å². The Balaban J connectivity index is 1.41. The number of para-hydroxylation sites is 1. The molecule has 0 spiro atoms. The lowest BCUT2D eigenvalue weighted by atomic mass is 10.1. The van der Waals surface area contributed by atoms with Crippen LogP contribution in [0.15, 0.2) is 42.0 Å². The van der Waals surface area contributed by atoms with Crippen LogP contribution in [0.3, 0.4) is 0 Å². The fourth-order valence-electron chi connectivity index (χ4n) is 2.94. The largest absolute Gasteiger partial charge is 0.488 e. The van der Waals surface area contributed by atoms with Crippen molar-refractivity contribution in [1.82, 2.24) is 4.98 Å². The smallest absolute Gasteiger partial charge is 0.256 e. The quantitative estimate of drug-likeness (QED) is 0.752. The fraction of sp³-hybridized carbons (Fsp3) is 0.158. The molecule has 0 aliphatic carbocycles. The number of carbonyl (C=O) groups excluding carboxylic acids is 1. The Kier molecular flexibility index (Phi) is 3.53. The van der Waals surface area contributed by atoms with Gasteiger partial charge >= 0.3 is 0 Å². The second-order valence-electron chi connectivity index (χ2n) is 5.93. The number of fused-ring (bicyclic) bond motifs is 3. The predicted molar refractivity (Wildman–Crippen MR) is 99.2 cm³/mol. The number of nitrogens with zero attached hydrogens (tertiary/aromatic N) is 1. The van der Waals surface area contributed by atoms with Crippen molar-refractivity contribution in [2.75, 3.05) is 25.1 Å². The van der Waals surface area contributed by atoms with Crippen LogP contribution < -0.4 is 19.5 Å². The van der Waals surface area contributed by atoms with Crippen LogP contribution in [-0.4, -0.2) is 30.7 Å². The lowest BCUT2D eigenvalue weighted by molar-refractivity contribution is -0.113. The van der Waals surface area contributed by atoms with Gasteiger partial charge in [0.25, 0.3) is 5.91 Å². The monoisotopic (exact) mass is 366 g/mol. The molecule has 0 atom stereocenters. The zero-order chi connectivity index (χ0) is 17.5. The number of nitrogens with one attached hydrogen (secondary N) is 1. The minimum absolute atomic E-state index is 0.212. The molecule has 1 amide bonds. The molecule has 1 aromatic heterocycles. The summed E-state index contributed by atoms with van der Waals surface area (Å²) in [5, 5.41) is 3.40. The molecule has 1 N–H and O–H groups in total. The first-order chi connectivity index (χ1) is 12.8. The van der Waals surface area contributed by atoms with Gasteiger partial charge in [0.2, 0.25) is 0 Å². The number of benzene rings is 2. The summed E-state index contributed by atoms with van der Waals surface area (Å²) in [5.41, 5.74) is 2.23. The topological polar surface area (TPSA) is 69.7 Å². The van der Waals surface area contributed by atoms with Crippen LogP contribution in [-0.2, 0) is 4.79 Å². The SMILES string of the molecule is O=C(Nc1nc2cc3c(cc2s1)OCCO3)C1=Cc2ccccc2OC1. The van der Waals surface area contributed by atoms with Crippen LogP contribution in [0.1, 0.15) is 5.56 Å². The Morgan fingerprint density at radius 1 is 1.04 bits per heavy atom. The number of aromatic nitrogens is 1. The van der Waals surface area contributed by atoms with Crippen LogP contribution in [0.25, 0.3) is 16.3 Å². The standard InChI is InChI=1S/C19H14N2O4S/c22-18(12-7-11-3-1-2-4-14(11)25-10-12)21-19-20-13-8-15-16(9-17(13)26-19)24-6-5-23-15/h1-4,7-9H,5-6,10H2,(H,20,21,22). The Bertz CT molecular complexity index is 1010. The summed E-state index contributed by atoms with van der Waals surface area (Å²) >= 11 is 1.40. The first kappa shape index (κ1) is 15.2. The second kappa shape index (κ2) is 6.03. The summed E-state index contributed by atoms with van der Waals surface area (Å²) in [4.78, 5) is 17.1. The van der Waals surface area contributed by atoms with Gasteiger partial charge in [0, 0.05) is 17.7 Å². The molecule has 0 saturated heterocycles. The van der Waals surface area contributed by atoms with Crippen LogP contribution in [0.2, 0.25) is 0 Å². The molecule has 0 saturated carbocycles. The zero-order valence-corrected chi connectivity index (χ0v) is 14.5. The van der Waals surface area contributed by atoms with E-state index in [4.69, 9.17) is 14.2 Å². The van der Waals surface area contributed by atoms with E-state index in [9.17, 15) is 4.79 Å². The number of rotatable bonds is 2. The van der Waals surface area contributed by atoms with Crippen molar-refractivity contribution in [2.45, 2.75) is 0 Å². The molecule has 0 unspecified atom stereocenters. The van der Waals surface area contributed by atoms with Crippen molar-refractivity contribution in [3.8, 4) is 17.2 Å². The van der Waals surface area contributed by atoms with Gasteiger partial charge in [-0.05, 0) is 12.1 Å². The first-order valence-electron chi connectivity index (χ1n) is 8.20. The van der Waals surface area contributed by atoms with Gasteiger partial charge in [0.1, 0.15) is 25.6 Å². The molecule has 6 nitrogen and oxygen atoms in total. The minimum Gasteiger partial charge on any atom is -0.488 e. The van der Waals surface area contributed by atoms with E-state index < -0.39 is 0 Å². The van der Waals surface area contributed by atoms with Gasteiger partial charge in [-0.15, -0.1) is 0 Å². The maximum Gasteiger partial charge on any atom is 0.256 e. The van der Waals surface area contributed by atoms with E-state index in [2.05, 4.69) is 10.3 Å². The van der Waals surface area contributed by atoms with Gasteiger partial charge in [-0.3, -0.25) is 10.1 Å². The van der Waals surface area contributed by atoms with Crippen molar-refractivity contribution in [2.24, 2.45) is 0 Å². The number of carbonyl (C=O) groups is 1. The predicted octanol–water partition coefficient (Wildman–Crippen LogP) is 3.48. The van der Waals surface area contributed by atoms with Crippen LogP contribution in [0, 0.1) is 0 Å². The third-order valence-electron chi connectivity index (χ3n) is 4.20. The van der Waals surface area contributed by atoms with E-state index >= 15 is 0 Å². The Hall–Kier alpha value is -3.06. The third-order valence-corrected chi connectivity index (χ3v) is 5.13. The first-order valence-corrected chi connectivity index (χ1v) is 9.02. The van der Waals surface area contributed by atoms with Gasteiger partial charge in [-0.2, -0.15) is 0 Å². The molecule has 2 aliphatic rings. The number of amides is 1. The van der Waals surface area contributed by atoms with E-state index in [-0.39, 0.29) is 12.5 Å². The van der Waals surface area contributed by atoms with Crippen molar-refractivity contribution in [3.05, 3.63) is 47.5 Å². The Morgan fingerprint density at radius 2 is 1.85 bits per heavy atom. The summed E-state index contributed by atoms with van der Waals surface area (Å²) in [6.07, 6.45) is 1.85. The molecule has 2 aromatic carbocycles. The number of hydrogen-bond acceptors (Lipinski definition) is 6. The number of hydrogen-bond donors (Lipinski definition) is 1. The molecule has 3 heterocycles. The van der Waals surface area contributed by atoms with Crippen molar-refractivity contribution >= 4 is 38.7 Å². The molecule has 26 heavy (non-hydrogen) atoms. The van der Waals surface area contributed by atoms with Gasteiger partial charge in [-0.25, -0.2) is 4.98 Å². The number of anilines is 1. The Labute approximate surface area is 153 Å². The lowest BCUT2D eigenvalue weighted by Gasteiger charge is -2.17. The highest BCUT2D eigenvalue weighted by molar-refractivity contribution is 7.22. The summed E-state index contributed by atoms with van der Waals surface area (Å²) in [6.45, 7) is 1.31. The highest BCUT2D eigenvalue weighted by Gasteiger charge is 2.19. The third kappa shape index (κ3) is 2.66. The summed E-state index contributed by atoms with van der Waals surface area (Å²) in [7, 11) is 0. The van der Waals surface area contributed by atoms with Crippen molar-refractivity contribution < 1.29 is 19.0 Å². The average Bonchev–Trinajstić information content (AvgIpc) is 3.06. The summed E-state index contributed by atoms with van der Waals surface area (Å²) < 4.78 is 17.7. The highest BCUT2D eigenvalue weighted by atomic mass is 32.1. The molecule has 2 aliphatic heterocycles. The number of thiazole rings is 1. The molecule has 0 radical (unpaired) electrons. The maximum atomic E-state index is 12.6. The molecular formula is C19H14N2O4S. The highest BCUT2D eigenvalue weighted by Crippen LogP contribution is 2.38. The molecule has 0 fully saturated rings. The van der Waals surface area contributed by atoms with Gasteiger partial charge < -0.3 is 14.2 Å². The zero-order valence-electron chi connectivity index (χ0n) is 13.7. The van der Waals surface area contributed by atoms with E-state index in [0.717, 1.165) is 21.5 Å².